The average molecular weight is 431 g/mol. The normalized spacial score (nSPS) is 15.9. The minimum atomic E-state index is -0.650. The van der Waals surface area contributed by atoms with Gasteiger partial charge in [-0.15, -0.1) is 0 Å². The highest BCUT2D eigenvalue weighted by Gasteiger charge is 2.30. The van der Waals surface area contributed by atoms with Crippen LogP contribution in [0.4, 0.5) is 5.82 Å². The second-order valence-corrected chi connectivity index (χ2v) is 7.64. The summed E-state index contributed by atoms with van der Waals surface area (Å²) in [4.78, 5) is 26.1. The van der Waals surface area contributed by atoms with E-state index in [4.69, 9.17) is 16.2 Å². The number of benzene rings is 2. The molecule has 3 aromatic rings. The summed E-state index contributed by atoms with van der Waals surface area (Å²) in [6.07, 6.45) is 2.91. The third-order valence-corrected chi connectivity index (χ3v) is 5.52. The van der Waals surface area contributed by atoms with Gasteiger partial charge in [-0.3, -0.25) is 14.3 Å². The number of hydrogen-bond acceptors (Lipinski definition) is 5. The van der Waals surface area contributed by atoms with Crippen molar-refractivity contribution in [2.24, 2.45) is 5.73 Å². The number of nitrogens with zero attached hydrogens (tertiary/aromatic N) is 3. The first kappa shape index (κ1) is 21.2. The van der Waals surface area contributed by atoms with E-state index in [2.05, 4.69) is 11.7 Å². The molecule has 164 valence electrons. The van der Waals surface area contributed by atoms with Crippen LogP contribution >= 0.6 is 0 Å². The highest BCUT2D eigenvalue weighted by molar-refractivity contribution is 6.03. The molecule has 1 unspecified atom stereocenters. The van der Waals surface area contributed by atoms with Crippen molar-refractivity contribution in [2.45, 2.75) is 18.9 Å². The van der Waals surface area contributed by atoms with Gasteiger partial charge in [0.25, 0.3) is 5.91 Å². The molecule has 0 aliphatic carbocycles. The topological polar surface area (TPSA) is 116 Å². The van der Waals surface area contributed by atoms with Crippen molar-refractivity contribution in [2.75, 3.05) is 18.8 Å². The fourth-order valence-electron chi connectivity index (χ4n) is 4.02. The van der Waals surface area contributed by atoms with Gasteiger partial charge in [-0.05, 0) is 55.3 Å². The van der Waals surface area contributed by atoms with E-state index in [1.807, 2.05) is 54.6 Å². The molecule has 1 saturated heterocycles. The molecule has 0 saturated carbocycles. The van der Waals surface area contributed by atoms with Gasteiger partial charge in [-0.2, -0.15) is 5.10 Å². The van der Waals surface area contributed by atoms with Crippen molar-refractivity contribution in [3.05, 3.63) is 72.8 Å². The first-order valence-electron chi connectivity index (χ1n) is 10.4. The Balaban J connectivity index is 1.69. The number of anilines is 1. The Hall–Kier alpha value is -4.07. The summed E-state index contributed by atoms with van der Waals surface area (Å²) >= 11 is 0. The van der Waals surface area contributed by atoms with E-state index in [1.54, 1.807) is 9.58 Å². The molecule has 4 rings (SSSR count). The molecule has 1 atom stereocenters. The summed E-state index contributed by atoms with van der Waals surface area (Å²) in [6, 6.07) is 16.6. The highest BCUT2D eigenvalue weighted by atomic mass is 16.5. The molecular weight excluding hydrogens is 406 g/mol. The lowest BCUT2D eigenvalue weighted by atomic mass is 10.0. The Morgan fingerprint density at radius 1 is 1.09 bits per heavy atom. The molecule has 0 radical (unpaired) electrons. The van der Waals surface area contributed by atoms with Crippen molar-refractivity contribution in [1.29, 1.82) is 0 Å². The highest BCUT2D eigenvalue weighted by Crippen LogP contribution is 2.34. The van der Waals surface area contributed by atoms with Gasteiger partial charge in [0.1, 0.15) is 17.1 Å². The number of piperidine rings is 1. The Morgan fingerprint density at radius 3 is 2.44 bits per heavy atom. The van der Waals surface area contributed by atoms with E-state index in [0.29, 0.717) is 24.5 Å². The van der Waals surface area contributed by atoms with E-state index in [0.717, 1.165) is 24.2 Å². The molecule has 1 aromatic heterocycles. The molecule has 2 heterocycles. The number of aromatic nitrogens is 2. The van der Waals surface area contributed by atoms with Crippen LogP contribution in [0, 0.1) is 0 Å². The summed E-state index contributed by atoms with van der Waals surface area (Å²) in [5, 5.41) is 4.44. The Labute approximate surface area is 186 Å². The second-order valence-electron chi connectivity index (χ2n) is 7.64. The summed E-state index contributed by atoms with van der Waals surface area (Å²) < 4.78 is 7.59. The van der Waals surface area contributed by atoms with Gasteiger partial charge in [-0.1, -0.05) is 24.8 Å². The maximum atomic E-state index is 12.2. The molecule has 8 nitrogen and oxygen atoms in total. The number of primary amides is 1. The molecule has 2 aromatic carbocycles. The SMILES string of the molecule is C=CC(=O)N1CCCC(n2nc(N)c(C(N)=O)c2-c2ccc(Oc3ccccc3)cc2)C1. The number of hydrogen-bond donors (Lipinski definition) is 2. The molecule has 1 aliphatic rings. The fourth-order valence-corrected chi connectivity index (χ4v) is 4.02. The van der Waals surface area contributed by atoms with E-state index in [9.17, 15) is 9.59 Å². The van der Waals surface area contributed by atoms with Gasteiger partial charge in [0.2, 0.25) is 5.91 Å². The van der Waals surface area contributed by atoms with Crippen molar-refractivity contribution in [3.63, 3.8) is 0 Å². The minimum absolute atomic E-state index is 0.0734. The van der Waals surface area contributed by atoms with Crippen LogP contribution < -0.4 is 16.2 Å². The predicted octanol–water partition coefficient (Wildman–Crippen LogP) is 3.37. The molecule has 32 heavy (non-hydrogen) atoms. The molecule has 0 spiro atoms. The van der Waals surface area contributed by atoms with Crippen LogP contribution in [0.1, 0.15) is 29.2 Å². The summed E-state index contributed by atoms with van der Waals surface area (Å²) in [7, 11) is 0. The lowest BCUT2D eigenvalue weighted by Crippen LogP contribution is -2.40. The predicted molar refractivity (Wildman–Crippen MR) is 122 cm³/mol. The number of likely N-dealkylation sites (tertiary alicyclic amines) is 1. The second kappa shape index (κ2) is 8.97. The number of amides is 2. The van der Waals surface area contributed by atoms with E-state index in [1.165, 1.54) is 6.08 Å². The van der Waals surface area contributed by atoms with Gasteiger partial charge in [-0.25, -0.2) is 0 Å². The zero-order chi connectivity index (χ0) is 22.7. The lowest BCUT2D eigenvalue weighted by molar-refractivity contribution is -0.127. The molecule has 2 amide bonds. The largest absolute Gasteiger partial charge is 0.457 e. The van der Waals surface area contributed by atoms with Gasteiger partial charge >= 0.3 is 0 Å². The smallest absolute Gasteiger partial charge is 0.254 e. The Bertz CT molecular complexity index is 1140. The third-order valence-electron chi connectivity index (χ3n) is 5.52. The number of rotatable bonds is 6. The monoisotopic (exact) mass is 431 g/mol. The number of para-hydroxylation sites is 1. The molecule has 0 bridgehead atoms. The van der Waals surface area contributed by atoms with Crippen molar-refractivity contribution < 1.29 is 14.3 Å². The number of carbonyl (C=O) groups is 2. The molecular formula is C24H25N5O3. The van der Waals surface area contributed by atoms with Gasteiger partial charge < -0.3 is 21.1 Å². The molecule has 4 N–H and O–H groups in total. The van der Waals surface area contributed by atoms with E-state index in [-0.39, 0.29) is 23.3 Å². The number of carbonyl (C=O) groups excluding carboxylic acids is 2. The maximum absolute atomic E-state index is 12.2. The van der Waals surface area contributed by atoms with Crippen LogP contribution in [-0.4, -0.2) is 39.6 Å². The fraction of sp³-hybridized carbons (Fsp3) is 0.208. The lowest BCUT2D eigenvalue weighted by Gasteiger charge is -2.33. The summed E-state index contributed by atoms with van der Waals surface area (Å²) in [5.41, 5.74) is 13.2. The average Bonchev–Trinajstić information content (AvgIpc) is 3.17. The molecule has 1 aliphatic heterocycles. The number of ether oxygens (including phenoxy) is 1. The van der Waals surface area contributed by atoms with E-state index >= 15 is 0 Å². The number of nitrogen functional groups attached to an aromatic ring is 1. The molecule has 1 fully saturated rings. The maximum Gasteiger partial charge on any atom is 0.254 e. The van der Waals surface area contributed by atoms with Crippen LogP contribution in [-0.2, 0) is 4.79 Å². The van der Waals surface area contributed by atoms with Crippen LogP contribution in [0.2, 0.25) is 0 Å². The summed E-state index contributed by atoms with van der Waals surface area (Å²) in [6.45, 7) is 4.68. The quantitative estimate of drug-likeness (QED) is 0.581. The van der Waals surface area contributed by atoms with Crippen LogP contribution in [0.25, 0.3) is 11.3 Å². The first-order chi connectivity index (χ1) is 15.5. The van der Waals surface area contributed by atoms with Crippen molar-refractivity contribution in [1.82, 2.24) is 14.7 Å². The Kier molecular flexibility index (Phi) is 5.93. The van der Waals surface area contributed by atoms with Crippen LogP contribution in [0.3, 0.4) is 0 Å². The zero-order valence-corrected chi connectivity index (χ0v) is 17.6. The van der Waals surface area contributed by atoms with Crippen LogP contribution in [0.5, 0.6) is 11.5 Å². The first-order valence-corrected chi connectivity index (χ1v) is 10.4. The minimum Gasteiger partial charge on any atom is -0.457 e. The third kappa shape index (κ3) is 4.20. The Morgan fingerprint density at radius 2 is 1.78 bits per heavy atom. The number of nitrogens with two attached hydrogens (primary N) is 2. The van der Waals surface area contributed by atoms with E-state index < -0.39 is 5.91 Å². The van der Waals surface area contributed by atoms with Gasteiger partial charge in [0, 0.05) is 18.7 Å². The van der Waals surface area contributed by atoms with Gasteiger partial charge in [0.05, 0.1) is 11.7 Å². The molecule has 8 heteroatoms. The summed E-state index contributed by atoms with van der Waals surface area (Å²) in [5.74, 6) is 0.669. The van der Waals surface area contributed by atoms with Crippen molar-refractivity contribution in [3.8, 4) is 22.8 Å². The van der Waals surface area contributed by atoms with Crippen LogP contribution in [0.15, 0.2) is 67.3 Å². The van der Waals surface area contributed by atoms with Gasteiger partial charge in [0.15, 0.2) is 5.82 Å². The standard InChI is InChI=1S/C24H25N5O3/c1-2-20(30)28-14-6-7-17(15-28)29-22(21(24(26)31)23(25)27-29)16-10-12-19(13-11-16)32-18-8-4-3-5-9-18/h2-5,8-13,17H,1,6-7,14-15H2,(H2,25,27)(H2,26,31). The van der Waals surface area contributed by atoms with Crippen molar-refractivity contribution >= 4 is 17.6 Å². The zero-order valence-electron chi connectivity index (χ0n) is 17.6.